The van der Waals surface area contributed by atoms with Crippen LogP contribution in [0.3, 0.4) is 0 Å². The van der Waals surface area contributed by atoms with E-state index < -0.39 is 5.91 Å². The van der Waals surface area contributed by atoms with Crippen molar-refractivity contribution in [3.8, 4) is 0 Å². The molecule has 0 saturated heterocycles. The van der Waals surface area contributed by atoms with Gasteiger partial charge in [-0.25, -0.2) is 9.97 Å². The normalized spacial score (nSPS) is 30.6. The molecule has 2 fully saturated rings. The van der Waals surface area contributed by atoms with Crippen molar-refractivity contribution in [2.24, 2.45) is 23.3 Å². The van der Waals surface area contributed by atoms with Gasteiger partial charge in [-0.15, -0.1) is 0 Å². The van der Waals surface area contributed by atoms with Crippen LogP contribution in [-0.2, 0) is 0 Å². The van der Waals surface area contributed by atoms with Gasteiger partial charge in [0.2, 0.25) is 0 Å². The molecule has 1 aromatic heterocycles. The molecule has 7 heteroatoms. The molecule has 2 amide bonds. The average molecular weight is 303 g/mol. The summed E-state index contributed by atoms with van der Waals surface area (Å²) >= 11 is 0. The molecule has 118 valence electrons. The fraction of sp³-hybridized carbons (Fsp3) is 0.600. The minimum absolute atomic E-state index is 0.00273. The SMILES string of the molecule is NC(=O)c1nccnc1C(=O)NC1C2CCCC1CC(N)C2. The first-order chi connectivity index (χ1) is 10.6. The summed E-state index contributed by atoms with van der Waals surface area (Å²) in [6, 6.07) is 0.324. The van der Waals surface area contributed by atoms with Gasteiger partial charge in [0.1, 0.15) is 0 Å². The zero-order chi connectivity index (χ0) is 15.7. The van der Waals surface area contributed by atoms with E-state index in [-0.39, 0.29) is 29.4 Å². The zero-order valence-corrected chi connectivity index (χ0v) is 12.4. The number of hydrogen-bond donors (Lipinski definition) is 3. The van der Waals surface area contributed by atoms with E-state index in [9.17, 15) is 9.59 Å². The van der Waals surface area contributed by atoms with E-state index in [2.05, 4.69) is 15.3 Å². The van der Waals surface area contributed by atoms with Crippen molar-refractivity contribution in [1.82, 2.24) is 15.3 Å². The molecule has 2 saturated carbocycles. The van der Waals surface area contributed by atoms with Gasteiger partial charge >= 0.3 is 0 Å². The van der Waals surface area contributed by atoms with Gasteiger partial charge in [-0.05, 0) is 37.5 Å². The highest BCUT2D eigenvalue weighted by Gasteiger charge is 2.40. The standard InChI is InChI=1S/C15H21N5O2/c16-10-6-8-2-1-3-9(7-10)11(8)20-15(22)13-12(14(17)21)18-4-5-19-13/h4-5,8-11H,1-3,6-7,16H2,(H2,17,21)(H,20,22). The van der Waals surface area contributed by atoms with Crippen molar-refractivity contribution in [3.05, 3.63) is 23.8 Å². The lowest BCUT2D eigenvalue weighted by Gasteiger charge is -2.45. The maximum absolute atomic E-state index is 12.5. The fourth-order valence-electron chi connectivity index (χ4n) is 3.93. The summed E-state index contributed by atoms with van der Waals surface area (Å²) in [5.41, 5.74) is 11.3. The van der Waals surface area contributed by atoms with Crippen LogP contribution < -0.4 is 16.8 Å². The molecule has 0 radical (unpaired) electrons. The lowest BCUT2D eigenvalue weighted by atomic mass is 9.67. The van der Waals surface area contributed by atoms with Gasteiger partial charge in [0, 0.05) is 24.5 Å². The molecular formula is C15H21N5O2. The highest BCUT2D eigenvalue weighted by molar-refractivity contribution is 6.04. The Morgan fingerprint density at radius 2 is 1.68 bits per heavy atom. The maximum atomic E-state index is 12.5. The molecule has 0 aromatic carbocycles. The second-order valence-electron chi connectivity index (χ2n) is 6.30. The smallest absolute Gasteiger partial charge is 0.272 e. The third-order valence-electron chi connectivity index (χ3n) is 4.82. The van der Waals surface area contributed by atoms with Crippen molar-refractivity contribution >= 4 is 11.8 Å². The summed E-state index contributed by atoms with van der Waals surface area (Å²) in [6.45, 7) is 0. The first kappa shape index (κ1) is 14.9. The summed E-state index contributed by atoms with van der Waals surface area (Å²) in [4.78, 5) is 31.7. The Morgan fingerprint density at radius 1 is 1.09 bits per heavy atom. The van der Waals surface area contributed by atoms with E-state index in [4.69, 9.17) is 11.5 Å². The summed E-state index contributed by atoms with van der Waals surface area (Å²) in [5, 5.41) is 3.05. The predicted molar refractivity (Wildman–Crippen MR) is 79.8 cm³/mol. The van der Waals surface area contributed by atoms with E-state index in [1.807, 2.05) is 0 Å². The van der Waals surface area contributed by atoms with E-state index >= 15 is 0 Å². The van der Waals surface area contributed by atoms with Gasteiger partial charge in [-0.3, -0.25) is 9.59 Å². The highest BCUT2D eigenvalue weighted by atomic mass is 16.2. The number of carbonyl (C=O) groups is 2. The molecule has 0 aliphatic heterocycles. The Labute approximate surface area is 128 Å². The Kier molecular flexibility index (Phi) is 4.06. The molecule has 2 aliphatic carbocycles. The molecule has 22 heavy (non-hydrogen) atoms. The number of nitrogens with one attached hydrogen (secondary N) is 1. The van der Waals surface area contributed by atoms with Crippen LogP contribution in [0, 0.1) is 11.8 Å². The van der Waals surface area contributed by atoms with Gasteiger partial charge in [0.05, 0.1) is 0 Å². The first-order valence-corrected chi connectivity index (χ1v) is 7.73. The molecule has 7 nitrogen and oxygen atoms in total. The molecule has 2 atom stereocenters. The Bertz CT molecular complexity index is 577. The first-order valence-electron chi connectivity index (χ1n) is 7.73. The predicted octanol–water partition coefficient (Wildman–Crippen LogP) is 0.211. The molecule has 1 aromatic rings. The molecular weight excluding hydrogens is 282 g/mol. The number of hydrogen-bond acceptors (Lipinski definition) is 5. The molecule has 3 rings (SSSR count). The third kappa shape index (κ3) is 2.81. The van der Waals surface area contributed by atoms with Crippen LogP contribution in [0.15, 0.2) is 12.4 Å². The number of nitrogens with zero attached hydrogens (tertiary/aromatic N) is 2. The quantitative estimate of drug-likeness (QED) is 0.736. The minimum atomic E-state index is -0.746. The van der Waals surface area contributed by atoms with Crippen LogP contribution in [0.25, 0.3) is 0 Å². The molecule has 5 N–H and O–H groups in total. The number of carbonyl (C=O) groups excluding carboxylic acids is 2. The molecule has 2 bridgehead atoms. The zero-order valence-electron chi connectivity index (χ0n) is 12.4. The van der Waals surface area contributed by atoms with Gasteiger partial charge < -0.3 is 16.8 Å². The summed E-state index contributed by atoms with van der Waals surface area (Å²) < 4.78 is 0. The van der Waals surface area contributed by atoms with Crippen molar-refractivity contribution in [3.63, 3.8) is 0 Å². The molecule has 2 aliphatic rings. The summed E-state index contributed by atoms with van der Waals surface area (Å²) in [7, 11) is 0. The summed E-state index contributed by atoms with van der Waals surface area (Å²) in [5.74, 6) is -0.316. The van der Waals surface area contributed by atoms with E-state index in [1.54, 1.807) is 0 Å². The Hall–Kier alpha value is -2.02. The van der Waals surface area contributed by atoms with Crippen molar-refractivity contribution < 1.29 is 9.59 Å². The van der Waals surface area contributed by atoms with Gasteiger partial charge in [0.15, 0.2) is 11.4 Å². The van der Waals surface area contributed by atoms with Crippen molar-refractivity contribution in [2.45, 2.75) is 44.2 Å². The topological polar surface area (TPSA) is 124 Å². The van der Waals surface area contributed by atoms with Crippen LogP contribution in [0.1, 0.15) is 53.1 Å². The van der Waals surface area contributed by atoms with Gasteiger partial charge in [-0.2, -0.15) is 0 Å². The fourth-order valence-corrected chi connectivity index (χ4v) is 3.93. The van der Waals surface area contributed by atoms with Crippen LogP contribution >= 0.6 is 0 Å². The molecule has 0 spiro atoms. The maximum Gasteiger partial charge on any atom is 0.272 e. The third-order valence-corrected chi connectivity index (χ3v) is 4.82. The lowest BCUT2D eigenvalue weighted by molar-refractivity contribution is 0.0747. The van der Waals surface area contributed by atoms with Crippen LogP contribution in [0.2, 0.25) is 0 Å². The monoisotopic (exact) mass is 303 g/mol. The van der Waals surface area contributed by atoms with E-state index in [1.165, 1.54) is 18.8 Å². The van der Waals surface area contributed by atoms with Gasteiger partial charge in [0.25, 0.3) is 11.8 Å². The number of rotatable bonds is 3. The van der Waals surface area contributed by atoms with E-state index in [0.717, 1.165) is 25.7 Å². The molecule has 2 unspecified atom stereocenters. The Balaban J connectivity index is 1.78. The van der Waals surface area contributed by atoms with Crippen LogP contribution in [-0.4, -0.2) is 33.9 Å². The number of fused-ring (bicyclic) bond motifs is 2. The van der Waals surface area contributed by atoms with E-state index in [0.29, 0.717) is 11.8 Å². The number of amides is 2. The average Bonchev–Trinajstić information content (AvgIpc) is 2.48. The number of aromatic nitrogens is 2. The van der Waals surface area contributed by atoms with Crippen LogP contribution in [0.5, 0.6) is 0 Å². The van der Waals surface area contributed by atoms with Crippen molar-refractivity contribution in [1.29, 1.82) is 0 Å². The number of nitrogens with two attached hydrogens (primary N) is 2. The van der Waals surface area contributed by atoms with Crippen LogP contribution in [0.4, 0.5) is 0 Å². The lowest BCUT2D eigenvalue weighted by Crippen LogP contribution is -2.54. The van der Waals surface area contributed by atoms with Crippen molar-refractivity contribution in [2.75, 3.05) is 0 Å². The Morgan fingerprint density at radius 3 is 2.27 bits per heavy atom. The molecule has 1 heterocycles. The minimum Gasteiger partial charge on any atom is -0.364 e. The largest absolute Gasteiger partial charge is 0.364 e. The second kappa shape index (κ2) is 6.00. The second-order valence-corrected chi connectivity index (χ2v) is 6.30. The highest BCUT2D eigenvalue weighted by Crippen LogP contribution is 2.39. The number of primary amides is 1. The van der Waals surface area contributed by atoms with Gasteiger partial charge in [-0.1, -0.05) is 6.42 Å². The summed E-state index contributed by atoms with van der Waals surface area (Å²) in [6.07, 6.45) is 7.96.